The number of ether oxygens (including phenoxy) is 1. The molecule has 0 bridgehead atoms. The number of nitrogens with one attached hydrogen (secondary N) is 1. The molecule has 4 aromatic rings. The maximum atomic E-state index is 13.6. The van der Waals surface area contributed by atoms with E-state index in [2.05, 4.69) is 48.5 Å². The Morgan fingerprint density at radius 1 is 1.05 bits per heavy atom. The van der Waals surface area contributed by atoms with Gasteiger partial charge in [-0.15, -0.1) is 5.10 Å². The fourth-order valence-corrected chi connectivity index (χ4v) is 6.06. The Morgan fingerprint density at radius 2 is 1.82 bits per heavy atom. The normalized spacial score (nSPS) is 18.3. The minimum Gasteiger partial charge on any atom is -0.497 e. The van der Waals surface area contributed by atoms with Gasteiger partial charge in [0.15, 0.2) is 5.82 Å². The molecule has 0 amide bonds. The molecule has 2 aromatic heterocycles. The van der Waals surface area contributed by atoms with Crippen molar-refractivity contribution in [3.63, 3.8) is 0 Å². The van der Waals surface area contributed by atoms with Crippen LogP contribution in [0.5, 0.6) is 5.75 Å². The summed E-state index contributed by atoms with van der Waals surface area (Å²) in [6.45, 7) is 6.36. The molecule has 6 rings (SSSR count). The lowest BCUT2D eigenvalue weighted by Gasteiger charge is -2.39. The van der Waals surface area contributed by atoms with Gasteiger partial charge in [0.2, 0.25) is 0 Å². The molecule has 3 heterocycles. The van der Waals surface area contributed by atoms with Crippen LogP contribution in [0.15, 0.2) is 53.3 Å². The SMILES string of the molecule is COc1ccc(CN2CCN([C@H](c3cc4cccc(C)c4[nH]c3=O)c3nnnn3C3CCCC3)CC2)cc1. The number of para-hydroxylation sites is 1. The second kappa shape index (κ2) is 10.7. The van der Waals surface area contributed by atoms with Gasteiger partial charge in [-0.05, 0) is 64.9 Å². The third kappa shape index (κ3) is 4.83. The summed E-state index contributed by atoms with van der Waals surface area (Å²) in [4.78, 5) is 21.6. The number of aryl methyl sites for hydroxylation is 1. The van der Waals surface area contributed by atoms with Crippen LogP contribution in [0.4, 0.5) is 0 Å². The summed E-state index contributed by atoms with van der Waals surface area (Å²) in [6, 6.07) is 16.4. The van der Waals surface area contributed by atoms with Gasteiger partial charge in [-0.3, -0.25) is 14.6 Å². The Bertz CT molecular complexity index is 1450. The minimum atomic E-state index is -0.303. The van der Waals surface area contributed by atoms with Crippen LogP contribution in [-0.2, 0) is 6.54 Å². The Morgan fingerprint density at radius 3 is 2.55 bits per heavy atom. The standard InChI is InChI=1S/C29H35N7O2/c1-20-6-5-7-22-18-25(29(37)30-26(20)22)27(28-31-32-33-36(28)23-8-3-4-9-23)35-16-14-34(15-17-35)19-21-10-12-24(38-2)13-11-21/h5-7,10-13,18,23,27H,3-4,8-9,14-17,19H2,1-2H3,(H,30,37)/t27-/m1/s1. The molecule has 9 heteroatoms. The third-order valence-corrected chi connectivity index (χ3v) is 8.18. The largest absolute Gasteiger partial charge is 0.497 e. The number of aromatic nitrogens is 5. The topological polar surface area (TPSA) is 92.2 Å². The zero-order chi connectivity index (χ0) is 26.1. The first-order valence-corrected chi connectivity index (χ1v) is 13.6. The maximum absolute atomic E-state index is 13.6. The number of piperazine rings is 1. The van der Waals surface area contributed by atoms with Crippen molar-refractivity contribution in [3.05, 3.63) is 81.4 Å². The first-order chi connectivity index (χ1) is 18.6. The number of tetrazole rings is 1. The molecule has 2 aliphatic rings. The molecule has 0 radical (unpaired) electrons. The average Bonchev–Trinajstić information content (AvgIpc) is 3.64. The molecule has 1 saturated heterocycles. The Kier molecular flexibility index (Phi) is 6.95. The summed E-state index contributed by atoms with van der Waals surface area (Å²) in [5.74, 6) is 1.65. The molecule has 1 atom stereocenters. The van der Waals surface area contributed by atoms with E-state index in [1.54, 1.807) is 7.11 Å². The van der Waals surface area contributed by atoms with Gasteiger partial charge < -0.3 is 9.72 Å². The number of aromatic amines is 1. The number of benzene rings is 2. The number of methoxy groups -OCH3 is 1. The molecule has 1 N–H and O–H groups in total. The van der Waals surface area contributed by atoms with E-state index in [9.17, 15) is 4.79 Å². The van der Waals surface area contributed by atoms with Crippen molar-refractivity contribution < 1.29 is 4.74 Å². The van der Waals surface area contributed by atoms with E-state index in [-0.39, 0.29) is 11.6 Å². The number of rotatable bonds is 7. The molecule has 38 heavy (non-hydrogen) atoms. The molecule has 9 nitrogen and oxygen atoms in total. The van der Waals surface area contributed by atoms with E-state index in [0.29, 0.717) is 11.6 Å². The Labute approximate surface area is 222 Å². The second-order valence-electron chi connectivity index (χ2n) is 10.6. The molecule has 2 aromatic carbocycles. The quantitative estimate of drug-likeness (QED) is 0.401. The van der Waals surface area contributed by atoms with E-state index >= 15 is 0 Å². The lowest BCUT2D eigenvalue weighted by atomic mass is 10.0. The van der Waals surface area contributed by atoms with Crippen LogP contribution in [0.1, 0.15) is 60.3 Å². The van der Waals surface area contributed by atoms with Gasteiger partial charge in [-0.1, -0.05) is 43.2 Å². The summed E-state index contributed by atoms with van der Waals surface area (Å²) in [5, 5.41) is 14.1. The van der Waals surface area contributed by atoms with Crippen molar-refractivity contribution >= 4 is 10.9 Å². The summed E-state index contributed by atoms with van der Waals surface area (Å²) >= 11 is 0. The van der Waals surface area contributed by atoms with Crippen molar-refractivity contribution in [2.75, 3.05) is 33.3 Å². The van der Waals surface area contributed by atoms with Gasteiger partial charge in [-0.25, -0.2) is 4.68 Å². The lowest BCUT2D eigenvalue weighted by molar-refractivity contribution is 0.0989. The van der Waals surface area contributed by atoms with Crippen molar-refractivity contribution in [2.45, 2.75) is 51.2 Å². The highest BCUT2D eigenvalue weighted by molar-refractivity contribution is 5.82. The van der Waals surface area contributed by atoms with Crippen molar-refractivity contribution in [1.29, 1.82) is 0 Å². The van der Waals surface area contributed by atoms with Gasteiger partial charge in [0.25, 0.3) is 5.56 Å². The highest BCUT2D eigenvalue weighted by Crippen LogP contribution is 2.34. The summed E-state index contributed by atoms with van der Waals surface area (Å²) in [6.07, 6.45) is 4.53. The smallest absolute Gasteiger partial charge is 0.253 e. The number of hydrogen-bond donors (Lipinski definition) is 1. The van der Waals surface area contributed by atoms with Crippen LogP contribution in [0.2, 0.25) is 0 Å². The zero-order valence-electron chi connectivity index (χ0n) is 22.1. The lowest BCUT2D eigenvalue weighted by Crippen LogP contribution is -2.48. The average molecular weight is 514 g/mol. The van der Waals surface area contributed by atoms with Crippen LogP contribution in [0.3, 0.4) is 0 Å². The number of hydrogen-bond acceptors (Lipinski definition) is 7. The van der Waals surface area contributed by atoms with Gasteiger partial charge in [0.05, 0.1) is 18.7 Å². The first kappa shape index (κ1) is 24.8. The first-order valence-electron chi connectivity index (χ1n) is 13.6. The highest BCUT2D eigenvalue weighted by atomic mass is 16.5. The van der Waals surface area contributed by atoms with Crippen molar-refractivity contribution in [3.8, 4) is 5.75 Å². The summed E-state index contributed by atoms with van der Waals surface area (Å²) < 4.78 is 7.30. The Hall–Kier alpha value is -3.56. The number of fused-ring (bicyclic) bond motifs is 1. The minimum absolute atomic E-state index is 0.0709. The predicted octanol–water partition coefficient (Wildman–Crippen LogP) is 3.85. The monoisotopic (exact) mass is 513 g/mol. The van der Waals surface area contributed by atoms with Crippen LogP contribution < -0.4 is 10.3 Å². The molecule has 0 unspecified atom stereocenters. The fourth-order valence-electron chi connectivity index (χ4n) is 6.06. The van der Waals surface area contributed by atoms with Gasteiger partial charge in [-0.2, -0.15) is 0 Å². The van der Waals surface area contributed by atoms with E-state index in [0.717, 1.165) is 73.6 Å². The van der Waals surface area contributed by atoms with Gasteiger partial charge in [0.1, 0.15) is 11.8 Å². The molecule has 2 fully saturated rings. The van der Waals surface area contributed by atoms with Gasteiger partial charge >= 0.3 is 0 Å². The van der Waals surface area contributed by atoms with Crippen molar-refractivity contribution in [1.82, 2.24) is 35.0 Å². The van der Waals surface area contributed by atoms with E-state index in [1.807, 2.05) is 41.9 Å². The predicted molar refractivity (Wildman–Crippen MR) is 146 cm³/mol. The molecular weight excluding hydrogens is 478 g/mol. The number of H-pyrrole nitrogens is 1. The van der Waals surface area contributed by atoms with E-state index in [1.165, 1.54) is 18.4 Å². The molecule has 1 aliphatic carbocycles. The number of pyridine rings is 1. The van der Waals surface area contributed by atoms with Crippen molar-refractivity contribution in [2.24, 2.45) is 0 Å². The maximum Gasteiger partial charge on any atom is 0.253 e. The van der Waals surface area contributed by atoms with E-state index in [4.69, 9.17) is 4.74 Å². The zero-order valence-corrected chi connectivity index (χ0v) is 22.1. The Balaban J connectivity index is 1.31. The summed E-state index contributed by atoms with van der Waals surface area (Å²) in [7, 11) is 1.69. The molecule has 1 aliphatic heterocycles. The highest BCUT2D eigenvalue weighted by Gasteiger charge is 2.34. The van der Waals surface area contributed by atoms with Crippen LogP contribution in [0.25, 0.3) is 10.9 Å². The molecule has 1 saturated carbocycles. The van der Waals surface area contributed by atoms with Crippen LogP contribution in [-0.4, -0.2) is 68.3 Å². The fraction of sp³-hybridized carbons (Fsp3) is 0.448. The number of nitrogens with zero attached hydrogens (tertiary/aromatic N) is 6. The molecule has 198 valence electrons. The van der Waals surface area contributed by atoms with E-state index < -0.39 is 0 Å². The van der Waals surface area contributed by atoms with Crippen LogP contribution in [0, 0.1) is 6.92 Å². The molecular formula is C29H35N7O2. The van der Waals surface area contributed by atoms with Crippen LogP contribution >= 0.6 is 0 Å². The summed E-state index contributed by atoms with van der Waals surface area (Å²) in [5.41, 5.74) is 3.85. The van der Waals surface area contributed by atoms with Gasteiger partial charge in [0, 0.05) is 38.3 Å². The second-order valence-corrected chi connectivity index (χ2v) is 10.6. The third-order valence-electron chi connectivity index (χ3n) is 8.18. The molecule has 0 spiro atoms.